The Labute approximate surface area is 70.7 Å². The highest BCUT2D eigenvalue weighted by Crippen LogP contribution is 2.22. The molecule has 0 amide bonds. The molecule has 0 radical (unpaired) electrons. The van der Waals surface area contributed by atoms with E-state index >= 15 is 0 Å². The van der Waals surface area contributed by atoms with Crippen molar-refractivity contribution < 1.29 is 0 Å². The molecule has 64 valence electrons. The zero-order valence-corrected chi connectivity index (χ0v) is 7.68. The molecule has 1 atom stereocenters. The lowest BCUT2D eigenvalue weighted by Gasteiger charge is -2.11. The summed E-state index contributed by atoms with van der Waals surface area (Å²) < 4.78 is 0. The lowest BCUT2D eigenvalue weighted by Crippen LogP contribution is -1.97. The summed E-state index contributed by atoms with van der Waals surface area (Å²) in [4.78, 5) is 0. The smallest absolute Gasteiger partial charge is 0.0322 e. The third kappa shape index (κ3) is 3.60. The normalized spacial score (nSPS) is 25.0. The lowest BCUT2D eigenvalue weighted by atomic mass is 9.95. The van der Waals surface area contributed by atoms with Crippen molar-refractivity contribution >= 4 is 0 Å². The van der Waals surface area contributed by atoms with Crippen molar-refractivity contribution in [1.29, 1.82) is 0 Å². The largest absolute Gasteiger partial charge is 0.0885 e. The second-order valence-corrected chi connectivity index (χ2v) is 3.65. The zero-order valence-electron chi connectivity index (χ0n) is 7.68. The Hall–Kier alpha value is -0.260. The van der Waals surface area contributed by atoms with Gasteiger partial charge in [-0.15, -0.1) is 0 Å². The molecular formula is C11H20. The molecule has 0 saturated heterocycles. The van der Waals surface area contributed by atoms with Crippen molar-refractivity contribution in [3.8, 4) is 0 Å². The van der Waals surface area contributed by atoms with Crippen molar-refractivity contribution in [2.45, 2.75) is 51.9 Å². The molecule has 0 saturated carbocycles. The van der Waals surface area contributed by atoms with Gasteiger partial charge in [-0.05, 0) is 31.6 Å². The van der Waals surface area contributed by atoms with Gasteiger partial charge in [0.2, 0.25) is 0 Å². The van der Waals surface area contributed by atoms with E-state index in [-0.39, 0.29) is 0 Å². The number of rotatable bonds is 3. The van der Waals surface area contributed by atoms with Crippen molar-refractivity contribution in [1.82, 2.24) is 0 Å². The van der Waals surface area contributed by atoms with Gasteiger partial charge in [-0.1, -0.05) is 38.3 Å². The van der Waals surface area contributed by atoms with Gasteiger partial charge in [0.1, 0.15) is 0 Å². The molecule has 11 heavy (non-hydrogen) atoms. The highest BCUT2D eigenvalue weighted by Gasteiger charge is 2.07. The molecule has 0 aromatic rings. The van der Waals surface area contributed by atoms with Crippen molar-refractivity contribution in [2.75, 3.05) is 0 Å². The van der Waals surface area contributed by atoms with Crippen molar-refractivity contribution in [3.63, 3.8) is 0 Å². The maximum atomic E-state index is 2.38. The average Bonchev–Trinajstić information content (AvgIpc) is 2.28. The van der Waals surface area contributed by atoms with Gasteiger partial charge in [0.05, 0.1) is 0 Å². The van der Waals surface area contributed by atoms with Crippen LogP contribution in [-0.2, 0) is 0 Å². The van der Waals surface area contributed by atoms with Crippen LogP contribution in [0.25, 0.3) is 0 Å². The van der Waals surface area contributed by atoms with Crippen LogP contribution in [0.15, 0.2) is 12.2 Å². The fraction of sp³-hybridized carbons (Fsp3) is 0.818. The summed E-state index contributed by atoms with van der Waals surface area (Å²) in [6, 6.07) is 0. The second kappa shape index (κ2) is 5.40. The number of hydrogen-bond acceptors (Lipinski definition) is 0. The summed E-state index contributed by atoms with van der Waals surface area (Å²) in [5.74, 6) is 1.01. The monoisotopic (exact) mass is 152 g/mol. The Kier molecular flexibility index (Phi) is 4.33. The van der Waals surface area contributed by atoms with Crippen molar-refractivity contribution in [3.05, 3.63) is 12.2 Å². The van der Waals surface area contributed by atoms with E-state index in [1.54, 1.807) is 0 Å². The van der Waals surface area contributed by atoms with Crippen molar-refractivity contribution in [2.24, 2.45) is 5.92 Å². The van der Waals surface area contributed by atoms with E-state index in [0.29, 0.717) is 0 Å². The van der Waals surface area contributed by atoms with Gasteiger partial charge >= 0.3 is 0 Å². The molecule has 0 fully saturated rings. The maximum Gasteiger partial charge on any atom is -0.0322 e. The van der Waals surface area contributed by atoms with Crippen LogP contribution in [0, 0.1) is 5.92 Å². The molecule has 1 unspecified atom stereocenters. The van der Waals surface area contributed by atoms with Crippen LogP contribution in [0.4, 0.5) is 0 Å². The first-order valence-corrected chi connectivity index (χ1v) is 5.08. The molecule has 1 aliphatic carbocycles. The minimum Gasteiger partial charge on any atom is -0.0885 e. The molecular weight excluding hydrogens is 132 g/mol. The van der Waals surface area contributed by atoms with Crippen LogP contribution < -0.4 is 0 Å². The molecule has 0 N–H and O–H groups in total. The molecule has 1 rings (SSSR count). The van der Waals surface area contributed by atoms with E-state index < -0.39 is 0 Å². The van der Waals surface area contributed by atoms with Gasteiger partial charge in [-0.25, -0.2) is 0 Å². The highest BCUT2D eigenvalue weighted by molar-refractivity contribution is 4.87. The summed E-state index contributed by atoms with van der Waals surface area (Å²) in [7, 11) is 0. The van der Waals surface area contributed by atoms with Gasteiger partial charge in [0.15, 0.2) is 0 Å². The predicted octanol–water partition coefficient (Wildman–Crippen LogP) is 3.92. The summed E-state index contributed by atoms with van der Waals surface area (Å²) in [6.45, 7) is 2.28. The van der Waals surface area contributed by atoms with Crippen LogP contribution in [0.5, 0.6) is 0 Å². The minimum atomic E-state index is 1.01. The zero-order chi connectivity index (χ0) is 7.94. The third-order valence-corrected chi connectivity index (χ3v) is 2.59. The van der Waals surface area contributed by atoms with Gasteiger partial charge in [-0.2, -0.15) is 0 Å². The Morgan fingerprint density at radius 2 is 2.27 bits per heavy atom. The standard InChI is InChI=1S/C11H20/c1-2-3-8-11-9-6-4-5-7-10-11/h4,6,11H,2-3,5,7-10H2,1H3. The fourth-order valence-corrected chi connectivity index (χ4v) is 1.80. The van der Waals surface area contributed by atoms with Crippen LogP contribution in [-0.4, -0.2) is 0 Å². The lowest BCUT2D eigenvalue weighted by molar-refractivity contribution is 0.435. The van der Waals surface area contributed by atoms with Gasteiger partial charge in [0, 0.05) is 0 Å². The first kappa shape index (κ1) is 8.83. The summed E-state index contributed by atoms with van der Waals surface area (Å²) >= 11 is 0. The van der Waals surface area contributed by atoms with Gasteiger partial charge < -0.3 is 0 Å². The molecule has 0 aromatic heterocycles. The molecule has 0 nitrogen and oxygen atoms in total. The molecule has 0 heterocycles. The third-order valence-electron chi connectivity index (χ3n) is 2.59. The van der Waals surface area contributed by atoms with Gasteiger partial charge in [0.25, 0.3) is 0 Å². The summed E-state index contributed by atoms with van der Waals surface area (Å²) in [5, 5.41) is 0. The first-order valence-electron chi connectivity index (χ1n) is 5.08. The summed E-state index contributed by atoms with van der Waals surface area (Å²) in [6.07, 6.45) is 14.5. The molecule has 0 spiro atoms. The Morgan fingerprint density at radius 1 is 1.36 bits per heavy atom. The first-order chi connectivity index (χ1) is 5.43. The minimum absolute atomic E-state index is 1.01. The Balaban J connectivity index is 2.16. The Bertz CT molecular complexity index is 113. The predicted molar refractivity (Wildman–Crippen MR) is 50.6 cm³/mol. The van der Waals surface area contributed by atoms with Gasteiger partial charge in [-0.3, -0.25) is 0 Å². The fourth-order valence-electron chi connectivity index (χ4n) is 1.80. The maximum absolute atomic E-state index is 2.38. The van der Waals surface area contributed by atoms with E-state index in [4.69, 9.17) is 0 Å². The number of allylic oxidation sites excluding steroid dienone is 2. The summed E-state index contributed by atoms with van der Waals surface area (Å²) in [5.41, 5.74) is 0. The highest BCUT2D eigenvalue weighted by atomic mass is 14.1. The second-order valence-electron chi connectivity index (χ2n) is 3.65. The van der Waals surface area contributed by atoms with Crippen LogP contribution in [0.3, 0.4) is 0 Å². The molecule has 0 aromatic carbocycles. The topological polar surface area (TPSA) is 0 Å². The molecule has 1 aliphatic rings. The van der Waals surface area contributed by atoms with E-state index in [2.05, 4.69) is 19.1 Å². The van der Waals surface area contributed by atoms with E-state index in [0.717, 1.165) is 5.92 Å². The Morgan fingerprint density at radius 3 is 3.09 bits per heavy atom. The van der Waals surface area contributed by atoms with E-state index in [1.165, 1.54) is 44.9 Å². The molecule has 0 aliphatic heterocycles. The van der Waals surface area contributed by atoms with Crippen LogP contribution in [0.1, 0.15) is 51.9 Å². The van der Waals surface area contributed by atoms with Crippen LogP contribution in [0.2, 0.25) is 0 Å². The number of unbranched alkanes of at least 4 members (excludes halogenated alkanes) is 1. The molecule has 0 heteroatoms. The van der Waals surface area contributed by atoms with E-state index in [9.17, 15) is 0 Å². The van der Waals surface area contributed by atoms with E-state index in [1.807, 2.05) is 0 Å². The molecule has 0 bridgehead atoms. The average molecular weight is 152 g/mol. The number of hydrogen-bond donors (Lipinski definition) is 0. The SMILES string of the molecule is CCCCC1CC=CCCC1. The van der Waals surface area contributed by atoms with Crippen LogP contribution >= 0.6 is 0 Å². The quantitative estimate of drug-likeness (QED) is 0.538.